The first kappa shape index (κ1) is 11.0. The molecule has 0 spiro atoms. The number of pyridine rings is 1. The van der Waals surface area contributed by atoms with Crippen molar-refractivity contribution in [3.05, 3.63) is 41.9 Å². The van der Waals surface area contributed by atoms with Gasteiger partial charge in [-0.2, -0.15) is 0 Å². The smallest absolute Gasteiger partial charge is 0.337 e. The van der Waals surface area contributed by atoms with Crippen molar-refractivity contribution in [3.8, 4) is 11.3 Å². The minimum Gasteiger partial charge on any atom is -0.478 e. The number of rotatable bonds is 2. The van der Waals surface area contributed by atoms with Crippen LogP contribution in [-0.4, -0.2) is 20.6 Å². The highest BCUT2D eigenvalue weighted by molar-refractivity contribution is 5.91. The Morgan fingerprint density at radius 3 is 3.00 bits per heavy atom. The number of carboxylic acids is 1. The van der Waals surface area contributed by atoms with E-state index in [4.69, 9.17) is 0 Å². The predicted octanol–water partition coefficient (Wildman–Crippen LogP) is 2.58. The Hall–Kier alpha value is -2.10. The fourth-order valence-electron chi connectivity index (χ4n) is 2.61. The summed E-state index contributed by atoms with van der Waals surface area (Å²) in [4.78, 5) is 15.4. The summed E-state index contributed by atoms with van der Waals surface area (Å²) in [5.74, 6) is -0.837. The van der Waals surface area contributed by atoms with E-state index in [1.54, 1.807) is 18.5 Å². The lowest BCUT2D eigenvalue weighted by Crippen LogP contribution is -2.13. The molecule has 0 saturated carbocycles. The zero-order chi connectivity index (χ0) is 12.5. The second kappa shape index (κ2) is 4.29. The van der Waals surface area contributed by atoms with Gasteiger partial charge in [-0.25, -0.2) is 4.79 Å². The predicted molar refractivity (Wildman–Crippen MR) is 67.6 cm³/mol. The molecule has 3 rings (SSSR count). The van der Waals surface area contributed by atoms with Crippen LogP contribution in [0.25, 0.3) is 11.3 Å². The van der Waals surface area contributed by atoms with Gasteiger partial charge in [0, 0.05) is 30.2 Å². The Kier molecular flexibility index (Phi) is 2.63. The van der Waals surface area contributed by atoms with Crippen LogP contribution >= 0.6 is 0 Å². The molecule has 1 aliphatic rings. The summed E-state index contributed by atoms with van der Waals surface area (Å²) in [7, 11) is 0. The fraction of sp³-hybridized carbons (Fsp3) is 0.286. The first-order valence-electron chi connectivity index (χ1n) is 6.13. The maximum atomic E-state index is 11.3. The Labute approximate surface area is 105 Å². The van der Waals surface area contributed by atoms with E-state index in [0.29, 0.717) is 5.56 Å². The minimum atomic E-state index is -0.837. The molecule has 0 bridgehead atoms. The highest BCUT2D eigenvalue weighted by Gasteiger charge is 2.22. The summed E-state index contributed by atoms with van der Waals surface area (Å²) in [5, 5.41) is 9.27. The van der Waals surface area contributed by atoms with Crippen molar-refractivity contribution in [2.75, 3.05) is 0 Å². The summed E-state index contributed by atoms with van der Waals surface area (Å²) >= 11 is 0. The first-order valence-corrected chi connectivity index (χ1v) is 6.13. The standard InChI is InChI=1S/C14H14N2O2/c17-14(18)11-8-13(10-4-3-6-15-9-10)16-7-2-1-5-12(11)16/h3-4,6,8-9H,1-2,5,7H2,(H,17,18). The van der Waals surface area contributed by atoms with Crippen LogP contribution in [0, 0.1) is 0 Å². The van der Waals surface area contributed by atoms with Gasteiger partial charge in [-0.1, -0.05) is 0 Å². The van der Waals surface area contributed by atoms with Gasteiger partial charge in [-0.15, -0.1) is 0 Å². The largest absolute Gasteiger partial charge is 0.478 e. The molecule has 0 fully saturated rings. The Morgan fingerprint density at radius 1 is 1.39 bits per heavy atom. The van der Waals surface area contributed by atoms with Crippen LogP contribution < -0.4 is 0 Å². The molecule has 4 heteroatoms. The number of fused-ring (bicyclic) bond motifs is 1. The number of aromatic nitrogens is 2. The monoisotopic (exact) mass is 242 g/mol. The number of aromatic carboxylic acids is 1. The topological polar surface area (TPSA) is 55.1 Å². The van der Waals surface area contributed by atoms with E-state index >= 15 is 0 Å². The van der Waals surface area contributed by atoms with Gasteiger partial charge in [0.25, 0.3) is 0 Å². The highest BCUT2D eigenvalue weighted by atomic mass is 16.4. The Bertz CT molecular complexity index is 587. The quantitative estimate of drug-likeness (QED) is 0.880. The van der Waals surface area contributed by atoms with Gasteiger partial charge in [-0.3, -0.25) is 4.98 Å². The van der Waals surface area contributed by atoms with Gasteiger partial charge in [0.2, 0.25) is 0 Å². The van der Waals surface area contributed by atoms with Gasteiger partial charge in [0.1, 0.15) is 0 Å². The van der Waals surface area contributed by atoms with Gasteiger partial charge in [0.15, 0.2) is 0 Å². The van der Waals surface area contributed by atoms with E-state index in [2.05, 4.69) is 9.55 Å². The van der Waals surface area contributed by atoms with Crippen LogP contribution in [0.5, 0.6) is 0 Å². The Morgan fingerprint density at radius 2 is 2.28 bits per heavy atom. The van der Waals surface area contributed by atoms with E-state index in [1.165, 1.54) is 0 Å². The third-order valence-corrected chi connectivity index (χ3v) is 3.44. The van der Waals surface area contributed by atoms with Gasteiger partial charge in [-0.05, 0) is 37.5 Å². The van der Waals surface area contributed by atoms with Crippen LogP contribution in [0.2, 0.25) is 0 Å². The van der Waals surface area contributed by atoms with Crippen molar-refractivity contribution >= 4 is 5.97 Å². The van der Waals surface area contributed by atoms with Crippen molar-refractivity contribution in [2.45, 2.75) is 25.8 Å². The van der Waals surface area contributed by atoms with E-state index in [9.17, 15) is 9.90 Å². The average Bonchev–Trinajstić information content (AvgIpc) is 2.79. The molecule has 2 aromatic heterocycles. The van der Waals surface area contributed by atoms with Crippen LogP contribution in [0.15, 0.2) is 30.6 Å². The summed E-state index contributed by atoms with van der Waals surface area (Å²) in [6.45, 7) is 0.896. The molecule has 3 heterocycles. The minimum absolute atomic E-state index is 0.438. The van der Waals surface area contributed by atoms with Crippen molar-refractivity contribution in [3.63, 3.8) is 0 Å². The third kappa shape index (κ3) is 1.70. The summed E-state index contributed by atoms with van der Waals surface area (Å²) in [6.07, 6.45) is 6.52. The molecule has 1 N–H and O–H groups in total. The van der Waals surface area contributed by atoms with Crippen molar-refractivity contribution in [1.82, 2.24) is 9.55 Å². The summed E-state index contributed by atoms with van der Waals surface area (Å²) in [6, 6.07) is 5.62. The van der Waals surface area contributed by atoms with E-state index in [1.807, 2.05) is 12.1 Å². The van der Waals surface area contributed by atoms with Crippen LogP contribution in [0.1, 0.15) is 28.9 Å². The molecule has 4 nitrogen and oxygen atoms in total. The maximum Gasteiger partial charge on any atom is 0.337 e. The summed E-state index contributed by atoms with van der Waals surface area (Å²) < 4.78 is 2.13. The Balaban J connectivity index is 2.18. The highest BCUT2D eigenvalue weighted by Crippen LogP contribution is 2.30. The van der Waals surface area contributed by atoms with Gasteiger partial charge in [0.05, 0.1) is 11.3 Å². The first-order chi connectivity index (χ1) is 8.77. The fourth-order valence-corrected chi connectivity index (χ4v) is 2.61. The second-order valence-corrected chi connectivity index (χ2v) is 4.55. The molecular weight excluding hydrogens is 228 g/mol. The molecule has 0 radical (unpaired) electrons. The SMILES string of the molecule is O=C(O)c1cc(-c2cccnc2)n2c1CCCC2. The van der Waals surface area contributed by atoms with Gasteiger partial charge >= 0.3 is 5.97 Å². The maximum absolute atomic E-state index is 11.3. The molecule has 18 heavy (non-hydrogen) atoms. The molecular formula is C14H14N2O2. The van der Waals surface area contributed by atoms with E-state index < -0.39 is 5.97 Å². The van der Waals surface area contributed by atoms with Crippen molar-refractivity contribution in [2.24, 2.45) is 0 Å². The number of hydrogen-bond acceptors (Lipinski definition) is 2. The second-order valence-electron chi connectivity index (χ2n) is 4.55. The molecule has 1 aliphatic heterocycles. The number of nitrogens with zero attached hydrogens (tertiary/aromatic N) is 2. The average molecular weight is 242 g/mol. The molecule has 0 aliphatic carbocycles. The van der Waals surface area contributed by atoms with Gasteiger partial charge < -0.3 is 9.67 Å². The van der Waals surface area contributed by atoms with Crippen LogP contribution in [-0.2, 0) is 13.0 Å². The zero-order valence-electron chi connectivity index (χ0n) is 9.97. The zero-order valence-corrected chi connectivity index (χ0v) is 9.97. The van der Waals surface area contributed by atoms with E-state index in [0.717, 1.165) is 42.8 Å². The van der Waals surface area contributed by atoms with Crippen LogP contribution in [0.4, 0.5) is 0 Å². The molecule has 0 amide bonds. The third-order valence-electron chi connectivity index (χ3n) is 3.44. The number of carbonyl (C=O) groups is 1. The number of hydrogen-bond donors (Lipinski definition) is 1. The lowest BCUT2D eigenvalue weighted by Gasteiger charge is -2.18. The molecule has 0 unspecified atom stereocenters. The summed E-state index contributed by atoms with van der Waals surface area (Å²) in [5.41, 5.74) is 3.34. The van der Waals surface area contributed by atoms with E-state index in [-0.39, 0.29) is 0 Å². The normalized spacial score (nSPS) is 14.2. The molecule has 2 aromatic rings. The lowest BCUT2D eigenvalue weighted by molar-refractivity contribution is 0.0695. The lowest BCUT2D eigenvalue weighted by atomic mass is 10.1. The van der Waals surface area contributed by atoms with Crippen molar-refractivity contribution < 1.29 is 9.90 Å². The molecule has 92 valence electrons. The van der Waals surface area contributed by atoms with Crippen LogP contribution in [0.3, 0.4) is 0 Å². The molecule has 0 aromatic carbocycles. The molecule has 0 atom stereocenters. The number of carboxylic acid groups (broad SMARTS) is 1. The van der Waals surface area contributed by atoms with Crippen molar-refractivity contribution in [1.29, 1.82) is 0 Å². The molecule has 0 saturated heterocycles.